The molecule has 0 bridgehead atoms. The number of amides is 1. The Kier molecular flexibility index (Phi) is 4.97. The summed E-state index contributed by atoms with van der Waals surface area (Å²) in [7, 11) is 0. The average molecular weight is 447 g/mol. The van der Waals surface area contributed by atoms with Crippen LogP contribution in [0.2, 0.25) is 0 Å². The lowest BCUT2D eigenvalue weighted by Crippen LogP contribution is -2.36. The van der Waals surface area contributed by atoms with Crippen molar-refractivity contribution in [2.45, 2.75) is 26.4 Å². The SMILES string of the molecule is CC(C)N(Cc1ncc(-c2ccc3c(c2)OCO3)[nH]1)C(=O)c1ccc2[nH]nc(C(=O)O)c2c1. The molecule has 168 valence electrons. The number of hydrogen-bond donors (Lipinski definition) is 3. The van der Waals surface area contributed by atoms with Crippen LogP contribution in [0.4, 0.5) is 0 Å². The number of hydrogen-bond acceptors (Lipinski definition) is 6. The highest BCUT2D eigenvalue weighted by molar-refractivity contribution is 6.04. The maximum Gasteiger partial charge on any atom is 0.357 e. The summed E-state index contributed by atoms with van der Waals surface area (Å²) >= 11 is 0. The molecular weight excluding hydrogens is 426 g/mol. The lowest BCUT2D eigenvalue weighted by atomic mass is 10.1. The van der Waals surface area contributed by atoms with Crippen molar-refractivity contribution in [2.75, 3.05) is 6.79 Å². The van der Waals surface area contributed by atoms with E-state index in [0.29, 0.717) is 33.8 Å². The number of aromatic amines is 2. The molecule has 0 radical (unpaired) electrons. The van der Waals surface area contributed by atoms with Gasteiger partial charge in [-0.1, -0.05) is 0 Å². The van der Waals surface area contributed by atoms with Gasteiger partial charge in [0.25, 0.3) is 5.91 Å². The third-order valence-corrected chi connectivity index (χ3v) is 5.53. The van der Waals surface area contributed by atoms with E-state index >= 15 is 0 Å². The van der Waals surface area contributed by atoms with E-state index in [1.54, 1.807) is 29.3 Å². The van der Waals surface area contributed by atoms with Crippen molar-refractivity contribution in [2.24, 2.45) is 0 Å². The second kappa shape index (κ2) is 7.97. The molecule has 0 atom stereocenters. The zero-order valence-electron chi connectivity index (χ0n) is 18.0. The van der Waals surface area contributed by atoms with Crippen molar-refractivity contribution in [3.63, 3.8) is 0 Å². The van der Waals surface area contributed by atoms with E-state index < -0.39 is 5.97 Å². The average Bonchev–Trinajstić information content (AvgIpc) is 3.54. The molecule has 10 nitrogen and oxygen atoms in total. The van der Waals surface area contributed by atoms with Crippen molar-refractivity contribution in [3.05, 3.63) is 59.7 Å². The van der Waals surface area contributed by atoms with Crippen LogP contribution < -0.4 is 9.47 Å². The van der Waals surface area contributed by atoms with Gasteiger partial charge in [0.1, 0.15) is 5.82 Å². The Bertz CT molecular complexity index is 1370. The minimum atomic E-state index is -1.15. The second-order valence-electron chi connectivity index (χ2n) is 7.98. The quantitative estimate of drug-likeness (QED) is 0.412. The monoisotopic (exact) mass is 447 g/mol. The van der Waals surface area contributed by atoms with Crippen LogP contribution in [0.5, 0.6) is 11.5 Å². The van der Waals surface area contributed by atoms with Crippen molar-refractivity contribution < 1.29 is 24.2 Å². The van der Waals surface area contributed by atoms with Gasteiger partial charge in [-0.25, -0.2) is 9.78 Å². The van der Waals surface area contributed by atoms with Crippen molar-refractivity contribution in [1.29, 1.82) is 0 Å². The number of nitrogens with zero attached hydrogens (tertiary/aromatic N) is 3. The van der Waals surface area contributed by atoms with Gasteiger partial charge in [0, 0.05) is 22.6 Å². The number of rotatable bonds is 6. The summed E-state index contributed by atoms with van der Waals surface area (Å²) in [6, 6.07) is 10.4. The zero-order chi connectivity index (χ0) is 23.1. The molecule has 1 amide bonds. The largest absolute Gasteiger partial charge is 0.476 e. The van der Waals surface area contributed by atoms with Crippen LogP contribution in [0, 0.1) is 0 Å². The topological polar surface area (TPSA) is 133 Å². The van der Waals surface area contributed by atoms with Crippen LogP contribution in [-0.4, -0.2) is 54.9 Å². The fraction of sp³-hybridized carbons (Fsp3) is 0.217. The number of carbonyl (C=O) groups excluding carboxylic acids is 1. The molecule has 0 spiro atoms. The molecule has 2 aromatic heterocycles. The van der Waals surface area contributed by atoms with Gasteiger partial charge in [-0.15, -0.1) is 0 Å². The van der Waals surface area contributed by atoms with Crippen LogP contribution >= 0.6 is 0 Å². The first kappa shape index (κ1) is 20.6. The Morgan fingerprint density at radius 3 is 2.76 bits per heavy atom. The van der Waals surface area contributed by atoms with E-state index in [4.69, 9.17) is 9.47 Å². The van der Waals surface area contributed by atoms with Gasteiger partial charge in [0.05, 0.1) is 24.0 Å². The number of imidazole rings is 1. The molecule has 3 N–H and O–H groups in total. The first-order valence-corrected chi connectivity index (χ1v) is 10.4. The normalized spacial score (nSPS) is 12.5. The molecule has 0 unspecified atom stereocenters. The van der Waals surface area contributed by atoms with Crippen LogP contribution in [0.3, 0.4) is 0 Å². The summed E-state index contributed by atoms with van der Waals surface area (Å²) in [5, 5.41) is 16.2. The van der Waals surface area contributed by atoms with Crippen LogP contribution in [-0.2, 0) is 6.54 Å². The highest BCUT2D eigenvalue weighted by Gasteiger charge is 2.23. The number of benzene rings is 2. The van der Waals surface area contributed by atoms with E-state index in [2.05, 4.69) is 20.2 Å². The summed E-state index contributed by atoms with van der Waals surface area (Å²) in [5.41, 5.74) is 2.51. The van der Waals surface area contributed by atoms with E-state index in [0.717, 1.165) is 11.3 Å². The summed E-state index contributed by atoms with van der Waals surface area (Å²) in [6.45, 7) is 4.30. The number of ether oxygens (including phenoxy) is 2. The summed E-state index contributed by atoms with van der Waals surface area (Å²) in [5.74, 6) is 0.623. The predicted octanol–water partition coefficient (Wildman–Crippen LogP) is 3.43. The predicted molar refractivity (Wildman–Crippen MR) is 118 cm³/mol. The lowest BCUT2D eigenvalue weighted by Gasteiger charge is -2.26. The highest BCUT2D eigenvalue weighted by Crippen LogP contribution is 2.35. The summed E-state index contributed by atoms with van der Waals surface area (Å²) in [4.78, 5) is 34.1. The zero-order valence-corrected chi connectivity index (χ0v) is 18.0. The lowest BCUT2D eigenvalue weighted by molar-refractivity contribution is 0.0677. The number of fused-ring (bicyclic) bond motifs is 2. The Balaban J connectivity index is 1.40. The first-order chi connectivity index (χ1) is 15.9. The molecule has 0 fully saturated rings. The molecule has 3 heterocycles. The minimum absolute atomic E-state index is 0.115. The number of carboxylic acid groups (broad SMARTS) is 1. The minimum Gasteiger partial charge on any atom is -0.476 e. The molecule has 1 aliphatic heterocycles. The number of aromatic nitrogens is 4. The first-order valence-electron chi connectivity index (χ1n) is 10.4. The molecule has 1 aliphatic rings. The van der Waals surface area contributed by atoms with Gasteiger partial charge in [-0.2, -0.15) is 5.10 Å². The fourth-order valence-electron chi connectivity index (χ4n) is 3.78. The Morgan fingerprint density at radius 1 is 1.15 bits per heavy atom. The van der Waals surface area contributed by atoms with Gasteiger partial charge in [0.2, 0.25) is 6.79 Å². The fourth-order valence-corrected chi connectivity index (χ4v) is 3.78. The van der Waals surface area contributed by atoms with Gasteiger partial charge < -0.3 is 24.5 Å². The van der Waals surface area contributed by atoms with Crippen molar-refractivity contribution in [1.82, 2.24) is 25.1 Å². The molecular formula is C23H21N5O5. The number of H-pyrrole nitrogens is 2. The molecule has 10 heteroatoms. The Morgan fingerprint density at radius 2 is 1.97 bits per heavy atom. The molecule has 33 heavy (non-hydrogen) atoms. The highest BCUT2D eigenvalue weighted by atomic mass is 16.7. The smallest absolute Gasteiger partial charge is 0.357 e. The molecule has 0 saturated heterocycles. The molecule has 5 rings (SSSR count). The van der Waals surface area contributed by atoms with Gasteiger partial charge >= 0.3 is 5.97 Å². The van der Waals surface area contributed by atoms with E-state index in [1.807, 2.05) is 32.0 Å². The number of carboxylic acids is 1. The number of carbonyl (C=O) groups is 2. The Hall–Kier alpha value is -4.34. The Labute approximate surface area is 188 Å². The van der Waals surface area contributed by atoms with Crippen LogP contribution in [0.1, 0.15) is 40.5 Å². The summed E-state index contributed by atoms with van der Waals surface area (Å²) < 4.78 is 10.8. The molecule has 2 aromatic carbocycles. The second-order valence-corrected chi connectivity index (χ2v) is 7.98. The maximum atomic E-state index is 13.3. The van der Waals surface area contributed by atoms with Gasteiger partial charge in [-0.3, -0.25) is 9.89 Å². The summed E-state index contributed by atoms with van der Waals surface area (Å²) in [6.07, 6.45) is 1.71. The van der Waals surface area contributed by atoms with Crippen LogP contribution in [0.15, 0.2) is 42.6 Å². The maximum absolute atomic E-state index is 13.3. The molecule has 0 saturated carbocycles. The van der Waals surface area contributed by atoms with Crippen molar-refractivity contribution >= 4 is 22.8 Å². The third-order valence-electron chi connectivity index (χ3n) is 5.53. The third kappa shape index (κ3) is 3.75. The van der Waals surface area contributed by atoms with E-state index in [1.165, 1.54) is 0 Å². The number of nitrogens with one attached hydrogen (secondary N) is 2. The van der Waals surface area contributed by atoms with Crippen LogP contribution in [0.25, 0.3) is 22.2 Å². The molecule has 4 aromatic rings. The number of aromatic carboxylic acids is 1. The van der Waals surface area contributed by atoms with Crippen molar-refractivity contribution in [3.8, 4) is 22.8 Å². The molecule has 0 aliphatic carbocycles. The van der Waals surface area contributed by atoms with E-state index in [9.17, 15) is 14.7 Å². The van der Waals surface area contributed by atoms with E-state index in [-0.39, 0.29) is 31.0 Å². The standard InChI is InChI=1S/C23H21N5O5/c1-12(2)28(22(29)14-3-5-16-15(7-14)21(23(30)31)27-26-16)10-20-24-9-17(25-20)13-4-6-18-19(8-13)33-11-32-18/h3-9,12H,10-11H2,1-2H3,(H,24,25)(H,26,27)(H,30,31). The van der Waals surface area contributed by atoms with Gasteiger partial charge in [0.15, 0.2) is 17.2 Å². The van der Waals surface area contributed by atoms with Gasteiger partial charge in [-0.05, 0) is 50.2 Å².